The molecule has 1 aromatic rings. The van der Waals surface area contributed by atoms with Crippen molar-refractivity contribution < 1.29 is 0 Å². The van der Waals surface area contributed by atoms with Crippen LogP contribution in [0.4, 0.5) is 5.82 Å². The number of aromatic nitrogens is 1. The molecule has 1 N–H and O–H groups in total. The molecule has 0 bridgehead atoms. The SMILES string of the molecule is Cc1cc(C)c(CNC2CC2)c(N2CCC(C)C2)n1. The molecule has 1 aromatic heterocycles. The summed E-state index contributed by atoms with van der Waals surface area (Å²) in [6.07, 6.45) is 3.98. The fourth-order valence-corrected chi connectivity index (χ4v) is 2.98. The Balaban J connectivity index is 1.86. The molecule has 1 aliphatic carbocycles. The molecule has 104 valence electrons. The summed E-state index contributed by atoms with van der Waals surface area (Å²) in [5, 5.41) is 3.64. The molecule has 0 radical (unpaired) electrons. The highest BCUT2D eigenvalue weighted by molar-refractivity contribution is 5.52. The first-order valence-corrected chi connectivity index (χ1v) is 7.59. The number of hydrogen-bond donors (Lipinski definition) is 1. The number of nitrogens with one attached hydrogen (secondary N) is 1. The Morgan fingerprint density at radius 3 is 2.74 bits per heavy atom. The lowest BCUT2D eigenvalue weighted by molar-refractivity contribution is 0.656. The van der Waals surface area contributed by atoms with Gasteiger partial charge in [-0.1, -0.05) is 6.92 Å². The van der Waals surface area contributed by atoms with Crippen molar-refractivity contribution in [1.29, 1.82) is 0 Å². The van der Waals surface area contributed by atoms with Gasteiger partial charge in [-0.15, -0.1) is 0 Å². The molecule has 1 saturated heterocycles. The van der Waals surface area contributed by atoms with Crippen LogP contribution in [0, 0.1) is 19.8 Å². The van der Waals surface area contributed by atoms with Crippen molar-refractivity contribution in [3.8, 4) is 0 Å². The molecular formula is C16H25N3. The first kappa shape index (κ1) is 12.9. The lowest BCUT2D eigenvalue weighted by Gasteiger charge is -2.23. The third-order valence-corrected chi connectivity index (χ3v) is 4.32. The van der Waals surface area contributed by atoms with Crippen molar-refractivity contribution in [2.45, 2.75) is 52.6 Å². The summed E-state index contributed by atoms with van der Waals surface area (Å²) in [7, 11) is 0. The Labute approximate surface area is 116 Å². The van der Waals surface area contributed by atoms with Gasteiger partial charge in [0.05, 0.1) is 0 Å². The van der Waals surface area contributed by atoms with E-state index in [9.17, 15) is 0 Å². The first-order chi connectivity index (χ1) is 9.13. The minimum atomic E-state index is 0.756. The largest absolute Gasteiger partial charge is 0.356 e. The second kappa shape index (κ2) is 5.12. The van der Waals surface area contributed by atoms with Gasteiger partial charge in [-0.2, -0.15) is 0 Å². The third kappa shape index (κ3) is 2.92. The van der Waals surface area contributed by atoms with E-state index in [1.807, 2.05) is 0 Å². The van der Waals surface area contributed by atoms with Crippen molar-refractivity contribution in [2.75, 3.05) is 18.0 Å². The van der Waals surface area contributed by atoms with Crippen LogP contribution in [0.15, 0.2) is 6.07 Å². The normalized spacial score (nSPS) is 23.1. The second-order valence-electron chi connectivity index (χ2n) is 6.38. The van der Waals surface area contributed by atoms with Crippen LogP contribution in [-0.4, -0.2) is 24.1 Å². The minimum absolute atomic E-state index is 0.756. The van der Waals surface area contributed by atoms with Crippen LogP contribution >= 0.6 is 0 Å². The van der Waals surface area contributed by atoms with E-state index < -0.39 is 0 Å². The van der Waals surface area contributed by atoms with Gasteiger partial charge in [0.1, 0.15) is 5.82 Å². The number of rotatable bonds is 4. The third-order valence-electron chi connectivity index (χ3n) is 4.32. The van der Waals surface area contributed by atoms with Crippen molar-refractivity contribution in [3.63, 3.8) is 0 Å². The summed E-state index contributed by atoms with van der Waals surface area (Å²) in [5.41, 5.74) is 3.93. The first-order valence-electron chi connectivity index (χ1n) is 7.59. The molecule has 0 amide bonds. The summed E-state index contributed by atoms with van der Waals surface area (Å²) in [6.45, 7) is 9.96. The lowest BCUT2D eigenvalue weighted by atomic mass is 10.1. The Bertz CT molecular complexity index is 465. The molecule has 3 rings (SSSR count). The van der Waals surface area contributed by atoms with Crippen LogP contribution in [0.2, 0.25) is 0 Å². The number of pyridine rings is 1. The quantitative estimate of drug-likeness (QED) is 0.901. The molecule has 3 heteroatoms. The van der Waals surface area contributed by atoms with E-state index in [4.69, 9.17) is 4.98 Å². The summed E-state index contributed by atoms with van der Waals surface area (Å²) >= 11 is 0. The van der Waals surface area contributed by atoms with Gasteiger partial charge in [0.2, 0.25) is 0 Å². The van der Waals surface area contributed by atoms with E-state index in [-0.39, 0.29) is 0 Å². The number of nitrogens with zero attached hydrogens (tertiary/aromatic N) is 2. The fraction of sp³-hybridized carbons (Fsp3) is 0.688. The van der Waals surface area contributed by atoms with Crippen LogP contribution in [0.25, 0.3) is 0 Å². The predicted molar refractivity (Wildman–Crippen MR) is 79.6 cm³/mol. The highest BCUT2D eigenvalue weighted by Crippen LogP contribution is 2.29. The zero-order valence-corrected chi connectivity index (χ0v) is 12.4. The average molecular weight is 259 g/mol. The van der Waals surface area contributed by atoms with Gasteiger partial charge < -0.3 is 10.2 Å². The number of anilines is 1. The molecule has 19 heavy (non-hydrogen) atoms. The lowest BCUT2D eigenvalue weighted by Crippen LogP contribution is -2.25. The maximum absolute atomic E-state index is 4.83. The highest BCUT2D eigenvalue weighted by atomic mass is 15.2. The maximum Gasteiger partial charge on any atom is 0.133 e. The monoisotopic (exact) mass is 259 g/mol. The zero-order chi connectivity index (χ0) is 13.4. The fourth-order valence-electron chi connectivity index (χ4n) is 2.98. The Kier molecular flexibility index (Phi) is 3.48. The van der Waals surface area contributed by atoms with Crippen LogP contribution in [0.1, 0.15) is 43.0 Å². The summed E-state index contributed by atoms with van der Waals surface area (Å²) < 4.78 is 0. The average Bonchev–Trinajstić information content (AvgIpc) is 3.08. The number of aryl methyl sites for hydroxylation is 2. The van der Waals surface area contributed by atoms with Crippen LogP contribution < -0.4 is 10.2 Å². The van der Waals surface area contributed by atoms with Crippen molar-refractivity contribution in [1.82, 2.24) is 10.3 Å². The maximum atomic E-state index is 4.83. The van der Waals surface area contributed by atoms with E-state index in [1.165, 1.54) is 36.2 Å². The van der Waals surface area contributed by atoms with Crippen LogP contribution in [-0.2, 0) is 6.54 Å². The Morgan fingerprint density at radius 1 is 1.32 bits per heavy atom. The molecule has 2 heterocycles. The van der Waals surface area contributed by atoms with Crippen LogP contribution in [0.3, 0.4) is 0 Å². The smallest absolute Gasteiger partial charge is 0.133 e. The van der Waals surface area contributed by atoms with Gasteiger partial charge in [-0.05, 0) is 50.7 Å². The highest BCUT2D eigenvalue weighted by Gasteiger charge is 2.25. The van der Waals surface area contributed by atoms with Crippen molar-refractivity contribution in [2.24, 2.45) is 5.92 Å². The standard InChI is InChI=1S/C16H25N3/c1-11-6-7-19(10-11)16-15(9-17-14-4-5-14)12(2)8-13(3)18-16/h8,11,14,17H,4-7,9-10H2,1-3H3. The molecular weight excluding hydrogens is 234 g/mol. The summed E-state index contributed by atoms with van der Waals surface area (Å²) in [6, 6.07) is 2.97. The second-order valence-corrected chi connectivity index (χ2v) is 6.38. The van der Waals surface area contributed by atoms with Gasteiger partial charge in [0.15, 0.2) is 0 Å². The summed E-state index contributed by atoms with van der Waals surface area (Å²) in [5.74, 6) is 2.03. The zero-order valence-electron chi connectivity index (χ0n) is 12.4. The Morgan fingerprint density at radius 2 is 2.11 bits per heavy atom. The van der Waals surface area contributed by atoms with Gasteiger partial charge in [0, 0.05) is 36.9 Å². The van der Waals surface area contributed by atoms with Crippen molar-refractivity contribution in [3.05, 3.63) is 22.9 Å². The molecule has 2 fully saturated rings. The van der Waals surface area contributed by atoms with Crippen LogP contribution in [0.5, 0.6) is 0 Å². The van der Waals surface area contributed by atoms with E-state index in [0.29, 0.717) is 0 Å². The van der Waals surface area contributed by atoms with Gasteiger partial charge in [-0.25, -0.2) is 4.98 Å². The molecule has 2 aliphatic rings. The van der Waals surface area contributed by atoms with E-state index in [1.54, 1.807) is 0 Å². The van der Waals surface area contributed by atoms with Gasteiger partial charge >= 0.3 is 0 Å². The van der Waals surface area contributed by atoms with E-state index in [2.05, 4.69) is 37.1 Å². The molecule has 0 spiro atoms. The molecule has 1 unspecified atom stereocenters. The van der Waals surface area contributed by atoms with Crippen molar-refractivity contribution >= 4 is 5.82 Å². The Hall–Kier alpha value is -1.09. The molecule has 1 saturated carbocycles. The summed E-state index contributed by atoms with van der Waals surface area (Å²) in [4.78, 5) is 7.32. The van der Waals surface area contributed by atoms with E-state index >= 15 is 0 Å². The van der Waals surface area contributed by atoms with E-state index in [0.717, 1.165) is 37.3 Å². The molecule has 3 nitrogen and oxygen atoms in total. The number of hydrogen-bond acceptors (Lipinski definition) is 3. The minimum Gasteiger partial charge on any atom is -0.356 e. The topological polar surface area (TPSA) is 28.2 Å². The van der Waals surface area contributed by atoms with Gasteiger partial charge in [0.25, 0.3) is 0 Å². The predicted octanol–water partition coefficient (Wildman–Crippen LogP) is 2.80. The molecule has 0 aromatic carbocycles. The molecule has 1 aliphatic heterocycles. The van der Waals surface area contributed by atoms with Gasteiger partial charge in [-0.3, -0.25) is 0 Å². The molecule has 1 atom stereocenters.